The van der Waals surface area contributed by atoms with Crippen molar-refractivity contribution >= 4 is 5.57 Å². The molecule has 0 aliphatic heterocycles. The average Bonchev–Trinajstić information content (AvgIpc) is 2.33. The number of rotatable bonds is 5. The van der Waals surface area contributed by atoms with Crippen molar-refractivity contribution in [3.8, 4) is 5.75 Å². The Kier molecular flexibility index (Phi) is 5.55. The maximum Gasteiger partial charge on any atom is 0.134 e. The summed E-state index contributed by atoms with van der Waals surface area (Å²) in [5.74, 6) is 0.306. The molecule has 0 heterocycles. The number of halogens is 1. The van der Waals surface area contributed by atoms with E-state index < -0.39 is 0 Å². The van der Waals surface area contributed by atoms with E-state index in [-0.39, 0.29) is 11.4 Å². The molecule has 2 nitrogen and oxygen atoms in total. The minimum atomic E-state index is -0.239. The van der Waals surface area contributed by atoms with Gasteiger partial charge in [-0.2, -0.15) is 0 Å². The van der Waals surface area contributed by atoms with Crippen LogP contribution in [0.3, 0.4) is 0 Å². The van der Waals surface area contributed by atoms with Gasteiger partial charge in [0.05, 0.1) is 7.11 Å². The second-order valence-corrected chi connectivity index (χ2v) is 5.70. The van der Waals surface area contributed by atoms with Gasteiger partial charge in [-0.15, -0.1) is 0 Å². The Labute approximate surface area is 115 Å². The summed E-state index contributed by atoms with van der Waals surface area (Å²) in [5, 5.41) is 3.40. The van der Waals surface area contributed by atoms with E-state index in [0.29, 0.717) is 11.3 Å². The smallest absolute Gasteiger partial charge is 0.134 e. The maximum atomic E-state index is 13.8. The summed E-state index contributed by atoms with van der Waals surface area (Å²) in [6.07, 6.45) is 2.94. The van der Waals surface area contributed by atoms with Gasteiger partial charge < -0.3 is 10.1 Å². The molecule has 0 fully saturated rings. The lowest BCUT2D eigenvalue weighted by atomic mass is 10.0. The summed E-state index contributed by atoms with van der Waals surface area (Å²) in [7, 11) is 1.54. The molecular weight excluding hydrogens is 241 g/mol. The molecule has 0 radical (unpaired) electrons. The molecule has 0 aliphatic carbocycles. The highest BCUT2D eigenvalue weighted by atomic mass is 19.1. The minimum Gasteiger partial charge on any atom is -0.497 e. The van der Waals surface area contributed by atoms with Crippen LogP contribution in [0.4, 0.5) is 4.39 Å². The van der Waals surface area contributed by atoms with Gasteiger partial charge in [-0.25, -0.2) is 4.39 Å². The highest BCUT2D eigenvalue weighted by Gasteiger charge is 2.08. The van der Waals surface area contributed by atoms with Crippen LogP contribution in [0.1, 0.15) is 39.7 Å². The van der Waals surface area contributed by atoms with E-state index in [9.17, 15) is 4.39 Å². The fraction of sp³-hybridized carbons (Fsp3) is 0.500. The number of nitrogens with one attached hydrogen (secondary N) is 1. The van der Waals surface area contributed by atoms with Crippen LogP contribution in [0.15, 0.2) is 24.3 Å². The lowest BCUT2D eigenvalue weighted by molar-refractivity contribution is 0.411. The number of hydrogen-bond donors (Lipinski definition) is 1. The molecule has 3 heteroatoms. The Morgan fingerprint density at radius 3 is 2.58 bits per heavy atom. The highest BCUT2D eigenvalue weighted by Crippen LogP contribution is 2.22. The summed E-state index contributed by atoms with van der Waals surface area (Å²) in [6, 6.07) is 4.96. The molecule has 1 aromatic rings. The molecule has 1 N–H and O–H groups in total. The minimum absolute atomic E-state index is 0.118. The van der Waals surface area contributed by atoms with Crippen LogP contribution in [0.5, 0.6) is 5.75 Å². The molecule has 0 unspecified atom stereocenters. The van der Waals surface area contributed by atoms with Gasteiger partial charge in [-0.05, 0) is 58.4 Å². The molecular formula is C16H24FNO. The summed E-state index contributed by atoms with van der Waals surface area (Å²) in [6.45, 7) is 9.22. The SMILES string of the molecule is COc1ccc(/C(C)=C/CCNC(C)(C)C)c(F)c1. The van der Waals surface area contributed by atoms with Crippen molar-refractivity contribution in [2.75, 3.05) is 13.7 Å². The summed E-state index contributed by atoms with van der Waals surface area (Å²) in [4.78, 5) is 0. The van der Waals surface area contributed by atoms with Gasteiger partial charge in [-0.1, -0.05) is 6.08 Å². The highest BCUT2D eigenvalue weighted by molar-refractivity contribution is 5.64. The van der Waals surface area contributed by atoms with Crippen LogP contribution in [-0.4, -0.2) is 19.2 Å². The molecule has 19 heavy (non-hydrogen) atoms. The Morgan fingerprint density at radius 2 is 2.05 bits per heavy atom. The zero-order valence-corrected chi connectivity index (χ0v) is 12.5. The van der Waals surface area contributed by atoms with E-state index in [4.69, 9.17) is 4.74 Å². The van der Waals surface area contributed by atoms with Gasteiger partial charge in [0.2, 0.25) is 0 Å². The van der Waals surface area contributed by atoms with Crippen LogP contribution >= 0.6 is 0 Å². The molecule has 0 saturated carbocycles. The normalized spacial score (nSPS) is 12.6. The lowest BCUT2D eigenvalue weighted by Crippen LogP contribution is -2.36. The molecule has 0 aromatic heterocycles. The number of allylic oxidation sites excluding steroid dienone is 1. The monoisotopic (exact) mass is 265 g/mol. The van der Waals surface area contributed by atoms with E-state index in [0.717, 1.165) is 18.5 Å². The first-order valence-electron chi connectivity index (χ1n) is 6.59. The predicted molar refractivity (Wildman–Crippen MR) is 79.0 cm³/mol. The van der Waals surface area contributed by atoms with Crippen molar-refractivity contribution in [3.05, 3.63) is 35.7 Å². The lowest BCUT2D eigenvalue weighted by Gasteiger charge is -2.19. The Balaban J connectivity index is 2.64. The van der Waals surface area contributed by atoms with Crippen molar-refractivity contribution < 1.29 is 9.13 Å². The van der Waals surface area contributed by atoms with Crippen molar-refractivity contribution in [1.82, 2.24) is 5.32 Å². The molecule has 0 amide bonds. The Hall–Kier alpha value is -1.35. The van der Waals surface area contributed by atoms with Crippen LogP contribution in [0.25, 0.3) is 5.57 Å². The summed E-state index contributed by atoms with van der Waals surface area (Å²) >= 11 is 0. The molecule has 1 aromatic carbocycles. The van der Waals surface area contributed by atoms with Gasteiger partial charge in [0.1, 0.15) is 11.6 Å². The van der Waals surface area contributed by atoms with E-state index in [1.807, 2.05) is 6.92 Å². The van der Waals surface area contributed by atoms with E-state index in [2.05, 4.69) is 32.2 Å². The molecule has 0 spiro atoms. The van der Waals surface area contributed by atoms with Crippen molar-refractivity contribution in [2.24, 2.45) is 0 Å². The Morgan fingerprint density at radius 1 is 1.37 bits per heavy atom. The first-order valence-corrected chi connectivity index (χ1v) is 6.59. The van der Waals surface area contributed by atoms with Gasteiger partial charge in [-0.3, -0.25) is 0 Å². The first kappa shape index (κ1) is 15.7. The van der Waals surface area contributed by atoms with Crippen LogP contribution in [-0.2, 0) is 0 Å². The fourth-order valence-corrected chi connectivity index (χ4v) is 1.79. The second-order valence-electron chi connectivity index (χ2n) is 5.70. The first-order chi connectivity index (χ1) is 8.83. The average molecular weight is 265 g/mol. The fourth-order valence-electron chi connectivity index (χ4n) is 1.79. The number of benzene rings is 1. The molecule has 0 aliphatic rings. The molecule has 106 valence electrons. The second kappa shape index (κ2) is 6.71. The zero-order valence-electron chi connectivity index (χ0n) is 12.5. The number of methoxy groups -OCH3 is 1. The van der Waals surface area contributed by atoms with Gasteiger partial charge in [0, 0.05) is 17.2 Å². The topological polar surface area (TPSA) is 21.3 Å². The van der Waals surface area contributed by atoms with Crippen molar-refractivity contribution in [1.29, 1.82) is 0 Å². The van der Waals surface area contributed by atoms with Crippen LogP contribution in [0.2, 0.25) is 0 Å². The Bertz CT molecular complexity index is 447. The molecule has 0 atom stereocenters. The van der Waals surface area contributed by atoms with Crippen molar-refractivity contribution in [3.63, 3.8) is 0 Å². The molecule has 1 rings (SSSR count). The van der Waals surface area contributed by atoms with E-state index >= 15 is 0 Å². The van der Waals surface area contributed by atoms with Crippen molar-refractivity contribution in [2.45, 2.75) is 39.7 Å². The zero-order chi connectivity index (χ0) is 14.5. The molecule has 0 bridgehead atoms. The van der Waals surface area contributed by atoms with Crippen LogP contribution < -0.4 is 10.1 Å². The predicted octanol–water partition coefficient (Wildman–Crippen LogP) is 4.02. The standard InChI is InChI=1S/C16H24FNO/c1-12(7-6-10-18-16(2,3)4)14-9-8-13(19-5)11-15(14)17/h7-9,11,18H,6,10H2,1-5H3/b12-7+. The van der Waals surface area contributed by atoms with Crippen LogP contribution in [0, 0.1) is 5.82 Å². The van der Waals surface area contributed by atoms with Gasteiger partial charge in [0.25, 0.3) is 0 Å². The summed E-state index contributed by atoms with van der Waals surface area (Å²) in [5.41, 5.74) is 1.71. The van der Waals surface area contributed by atoms with E-state index in [1.165, 1.54) is 13.2 Å². The van der Waals surface area contributed by atoms with Gasteiger partial charge >= 0.3 is 0 Å². The van der Waals surface area contributed by atoms with Gasteiger partial charge in [0.15, 0.2) is 0 Å². The summed E-state index contributed by atoms with van der Waals surface area (Å²) < 4.78 is 18.8. The third kappa shape index (κ3) is 5.43. The maximum absolute atomic E-state index is 13.8. The quantitative estimate of drug-likeness (QED) is 0.812. The third-order valence-electron chi connectivity index (χ3n) is 2.85. The largest absolute Gasteiger partial charge is 0.497 e. The number of hydrogen-bond acceptors (Lipinski definition) is 2. The number of ether oxygens (including phenoxy) is 1. The molecule has 0 saturated heterocycles. The van der Waals surface area contributed by atoms with E-state index in [1.54, 1.807) is 12.1 Å². The third-order valence-corrected chi connectivity index (χ3v) is 2.85.